The van der Waals surface area contributed by atoms with Gasteiger partial charge in [0.15, 0.2) is 5.82 Å². The number of aromatic nitrogens is 4. The van der Waals surface area contributed by atoms with Gasteiger partial charge in [-0.3, -0.25) is 9.78 Å². The first-order valence-electron chi connectivity index (χ1n) is 14.1. The second kappa shape index (κ2) is 12.4. The maximum atomic E-state index is 16.2. The summed E-state index contributed by atoms with van der Waals surface area (Å²) in [4.78, 5) is 29.6. The highest BCUT2D eigenvalue weighted by Crippen LogP contribution is 2.39. The van der Waals surface area contributed by atoms with E-state index in [2.05, 4.69) is 30.6 Å². The zero-order valence-corrected chi connectivity index (χ0v) is 24.6. The molecule has 0 radical (unpaired) electrons. The SMILES string of the molecule is COc1nc(-c2cccc(-c3cccc(Nc4nc(C)nc5cccnc45)c3Cl)c2F)ccc1CNC[C@@H]1CCC(=O)C1. The lowest BCUT2D eigenvalue weighted by atomic mass is 9.99. The summed E-state index contributed by atoms with van der Waals surface area (Å²) < 4.78 is 21.7. The van der Waals surface area contributed by atoms with Crippen LogP contribution in [0, 0.1) is 18.7 Å². The number of hydrogen-bond acceptors (Lipinski definition) is 8. The van der Waals surface area contributed by atoms with E-state index >= 15 is 4.39 Å². The normalized spacial score (nSPS) is 14.8. The van der Waals surface area contributed by atoms with E-state index in [1.54, 1.807) is 43.6 Å². The van der Waals surface area contributed by atoms with Crippen molar-refractivity contribution < 1.29 is 13.9 Å². The molecule has 0 spiro atoms. The third-order valence-corrected chi connectivity index (χ3v) is 8.02. The number of ketones is 1. The minimum Gasteiger partial charge on any atom is -0.481 e. The number of halogens is 2. The van der Waals surface area contributed by atoms with Crippen LogP contribution in [-0.2, 0) is 11.3 Å². The Bertz CT molecular complexity index is 1830. The fraction of sp³-hybridized carbons (Fsp3) is 0.242. The van der Waals surface area contributed by atoms with Crippen molar-refractivity contribution >= 4 is 39.9 Å². The molecular formula is C33H30ClFN6O2. The summed E-state index contributed by atoms with van der Waals surface area (Å²) in [5.41, 5.74) is 4.37. The fourth-order valence-electron chi connectivity index (χ4n) is 5.48. The molecule has 0 saturated heterocycles. The van der Waals surface area contributed by atoms with Crippen molar-refractivity contribution in [3.05, 3.63) is 89.1 Å². The van der Waals surface area contributed by atoms with Gasteiger partial charge in [-0.25, -0.2) is 19.3 Å². The summed E-state index contributed by atoms with van der Waals surface area (Å²) in [6, 6.07) is 17.9. The van der Waals surface area contributed by atoms with Crippen molar-refractivity contribution in [2.45, 2.75) is 32.7 Å². The molecule has 8 nitrogen and oxygen atoms in total. The van der Waals surface area contributed by atoms with E-state index in [4.69, 9.17) is 16.3 Å². The predicted octanol–water partition coefficient (Wildman–Crippen LogP) is 7.07. The molecule has 3 heterocycles. The lowest BCUT2D eigenvalue weighted by molar-refractivity contribution is -0.117. The second-order valence-corrected chi connectivity index (χ2v) is 11.0. The fourth-order valence-corrected chi connectivity index (χ4v) is 5.75. The molecule has 0 amide bonds. The first-order chi connectivity index (χ1) is 20.9. The summed E-state index contributed by atoms with van der Waals surface area (Å²) in [5, 5.41) is 7.02. The van der Waals surface area contributed by atoms with Crippen molar-refractivity contribution in [1.29, 1.82) is 0 Å². The monoisotopic (exact) mass is 596 g/mol. The Labute approximate surface area is 253 Å². The number of nitrogens with zero attached hydrogens (tertiary/aromatic N) is 4. The van der Waals surface area contributed by atoms with Crippen LogP contribution in [0.5, 0.6) is 5.88 Å². The molecular weight excluding hydrogens is 567 g/mol. The maximum Gasteiger partial charge on any atom is 0.218 e. The average Bonchev–Trinajstić information content (AvgIpc) is 3.43. The van der Waals surface area contributed by atoms with Crippen LogP contribution in [0.15, 0.2) is 66.9 Å². The van der Waals surface area contributed by atoms with Crippen LogP contribution in [0.25, 0.3) is 33.4 Å². The highest BCUT2D eigenvalue weighted by molar-refractivity contribution is 6.36. The first-order valence-corrected chi connectivity index (χ1v) is 14.5. The summed E-state index contributed by atoms with van der Waals surface area (Å²) >= 11 is 6.87. The number of fused-ring (bicyclic) bond motifs is 1. The lowest BCUT2D eigenvalue weighted by Crippen LogP contribution is -2.21. The van der Waals surface area contributed by atoms with E-state index in [9.17, 15) is 4.79 Å². The van der Waals surface area contributed by atoms with Gasteiger partial charge in [-0.2, -0.15) is 0 Å². The molecule has 1 fully saturated rings. The summed E-state index contributed by atoms with van der Waals surface area (Å²) in [6.07, 6.45) is 3.90. The number of pyridine rings is 2. The Hall–Kier alpha value is -4.47. The number of anilines is 2. The second-order valence-electron chi connectivity index (χ2n) is 10.6. The molecule has 0 aliphatic heterocycles. The van der Waals surface area contributed by atoms with Crippen molar-refractivity contribution in [2.75, 3.05) is 19.0 Å². The van der Waals surface area contributed by atoms with Gasteiger partial charge < -0.3 is 15.4 Å². The van der Waals surface area contributed by atoms with E-state index in [1.165, 1.54) is 0 Å². The van der Waals surface area contributed by atoms with E-state index in [-0.39, 0.29) is 0 Å². The number of methoxy groups -OCH3 is 1. The van der Waals surface area contributed by atoms with Gasteiger partial charge in [-0.1, -0.05) is 41.9 Å². The Balaban J connectivity index is 1.27. The van der Waals surface area contributed by atoms with Crippen molar-refractivity contribution in [2.24, 2.45) is 5.92 Å². The summed E-state index contributed by atoms with van der Waals surface area (Å²) in [7, 11) is 1.55. The zero-order valence-electron chi connectivity index (χ0n) is 23.8. The number of carbonyl (C=O) groups is 1. The van der Waals surface area contributed by atoms with Crippen molar-refractivity contribution in [3.8, 4) is 28.3 Å². The quantitative estimate of drug-likeness (QED) is 0.186. The van der Waals surface area contributed by atoms with Crippen LogP contribution in [0.4, 0.5) is 15.9 Å². The molecule has 1 saturated carbocycles. The summed E-state index contributed by atoms with van der Waals surface area (Å²) in [6.45, 7) is 3.10. The minimum atomic E-state index is -0.446. The number of rotatable bonds is 9. The molecule has 5 aromatic rings. The topological polar surface area (TPSA) is 102 Å². The molecule has 0 bridgehead atoms. The third-order valence-electron chi connectivity index (χ3n) is 7.61. The number of aryl methyl sites for hydroxylation is 1. The molecule has 3 aromatic heterocycles. The van der Waals surface area contributed by atoms with E-state index in [1.807, 2.05) is 37.3 Å². The number of benzene rings is 2. The molecule has 218 valence electrons. The Kier molecular flexibility index (Phi) is 8.26. The lowest BCUT2D eigenvalue weighted by Gasteiger charge is -2.15. The molecule has 2 N–H and O–H groups in total. The van der Waals surface area contributed by atoms with Gasteiger partial charge in [0.25, 0.3) is 0 Å². The van der Waals surface area contributed by atoms with Gasteiger partial charge in [-0.05, 0) is 56.1 Å². The highest BCUT2D eigenvalue weighted by Gasteiger charge is 2.22. The van der Waals surface area contributed by atoms with Crippen molar-refractivity contribution in [3.63, 3.8) is 0 Å². The van der Waals surface area contributed by atoms with Crippen LogP contribution in [0.2, 0.25) is 5.02 Å². The van der Waals surface area contributed by atoms with Crippen LogP contribution in [0.3, 0.4) is 0 Å². The third kappa shape index (κ3) is 6.04. The van der Waals surface area contributed by atoms with E-state index in [0.717, 1.165) is 18.5 Å². The first kappa shape index (κ1) is 28.6. The Morgan fingerprint density at radius 3 is 2.63 bits per heavy atom. The maximum absolute atomic E-state index is 16.2. The largest absolute Gasteiger partial charge is 0.481 e. The van der Waals surface area contributed by atoms with Gasteiger partial charge in [0.1, 0.15) is 22.9 Å². The van der Waals surface area contributed by atoms with Gasteiger partial charge in [0, 0.05) is 47.8 Å². The average molecular weight is 597 g/mol. The van der Waals surface area contributed by atoms with Gasteiger partial charge in [0.05, 0.1) is 29.0 Å². The number of Topliss-reactive ketones (excluding diaryl/α,β-unsaturated/α-hetero) is 1. The van der Waals surface area contributed by atoms with Gasteiger partial charge >= 0.3 is 0 Å². The Morgan fingerprint density at radius 1 is 1.00 bits per heavy atom. The zero-order chi connectivity index (χ0) is 29.9. The molecule has 1 aliphatic carbocycles. The number of carbonyl (C=O) groups excluding carboxylic acids is 1. The van der Waals surface area contributed by atoms with Crippen LogP contribution in [-0.4, -0.2) is 39.4 Å². The minimum absolute atomic E-state index is 0.329. The molecule has 6 rings (SSSR count). The standard InChI is InChI=1S/C33H30ClFN6O2/c1-19-38-28-10-5-15-37-31(28)32(39-19)40-27-9-4-6-23(29(27)34)24-7-3-8-25(30(24)35)26-14-12-21(33(41-26)43-2)18-36-17-20-11-13-22(42)16-20/h3-10,12,14-15,20,36H,11,13,16-18H2,1-2H3,(H,38,39,40)/t20-/m1/s1. The van der Waals surface area contributed by atoms with Crippen molar-refractivity contribution in [1.82, 2.24) is 25.3 Å². The number of nitrogens with one attached hydrogen (secondary N) is 2. The van der Waals surface area contributed by atoms with E-state index in [0.29, 0.717) is 92.7 Å². The van der Waals surface area contributed by atoms with E-state index < -0.39 is 5.82 Å². The molecule has 0 unspecified atom stereocenters. The number of ether oxygens (including phenoxy) is 1. The summed E-state index contributed by atoms with van der Waals surface area (Å²) in [5.74, 6) is 1.77. The molecule has 1 aliphatic rings. The molecule has 10 heteroatoms. The molecule has 2 aromatic carbocycles. The molecule has 43 heavy (non-hydrogen) atoms. The molecule has 1 atom stereocenters. The van der Waals surface area contributed by atoms with Gasteiger partial charge in [-0.15, -0.1) is 0 Å². The Morgan fingerprint density at radius 2 is 1.81 bits per heavy atom. The smallest absolute Gasteiger partial charge is 0.218 e. The number of hydrogen-bond donors (Lipinski definition) is 2. The van der Waals surface area contributed by atoms with Crippen LogP contribution in [0.1, 0.15) is 30.7 Å². The van der Waals surface area contributed by atoms with Crippen LogP contribution < -0.4 is 15.4 Å². The highest BCUT2D eigenvalue weighted by atomic mass is 35.5. The van der Waals surface area contributed by atoms with Gasteiger partial charge in [0.2, 0.25) is 5.88 Å². The predicted molar refractivity (Wildman–Crippen MR) is 166 cm³/mol. The van der Waals surface area contributed by atoms with Crippen LogP contribution >= 0.6 is 11.6 Å².